The van der Waals surface area contributed by atoms with Gasteiger partial charge in [-0.25, -0.2) is 9.97 Å². The maximum Gasteiger partial charge on any atom is 0.230 e. The van der Waals surface area contributed by atoms with Gasteiger partial charge >= 0.3 is 0 Å². The Bertz CT molecular complexity index is 562. The lowest BCUT2D eigenvalue weighted by atomic mass is 10.1. The monoisotopic (exact) mass is 307 g/mol. The average Bonchev–Trinajstić information content (AvgIpc) is 2.47. The van der Waals surface area contributed by atoms with Crippen molar-refractivity contribution in [3.63, 3.8) is 0 Å². The van der Waals surface area contributed by atoms with Crippen molar-refractivity contribution in [2.75, 3.05) is 5.75 Å². The number of carbonyl (C=O) groups is 1. The van der Waals surface area contributed by atoms with Gasteiger partial charge in [0.1, 0.15) is 0 Å². The van der Waals surface area contributed by atoms with Crippen LogP contribution in [0.3, 0.4) is 0 Å². The molecule has 0 saturated carbocycles. The van der Waals surface area contributed by atoms with Gasteiger partial charge in [-0.15, -0.1) is 0 Å². The van der Waals surface area contributed by atoms with Crippen LogP contribution in [0.1, 0.15) is 18.5 Å². The van der Waals surface area contributed by atoms with E-state index in [0.29, 0.717) is 15.9 Å². The van der Waals surface area contributed by atoms with Crippen molar-refractivity contribution in [3.8, 4) is 0 Å². The largest absolute Gasteiger partial charge is 0.349 e. The van der Waals surface area contributed by atoms with Crippen molar-refractivity contribution in [1.82, 2.24) is 15.3 Å². The van der Waals surface area contributed by atoms with Crippen molar-refractivity contribution in [2.45, 2.75) is 18.1 Å². The molecule has 0 aliphatic rings. The minimum atomic E-state index is -0.0583. The van der Waals surface area contributed by atoms with Gasteiger partial charge < -0.3 is 5.32 Å². The molecule has 0 saturated heterocycles. The molecule has 1 heterocycles. The summed E-state index contributed by atoms with van der Waals surface area (Å²) in [6, 6.07) is 9.11. The van der Waals surface area contributed by atoms with E-state index in [1.54, 1.807) is 18.5 Å². The predicted molar refractivity (Wildman–Crippen MR) is 80.8 cm³/mol. The fourth-order valence-corrected chi connectivity index (χ4v) is 2.35. The molecule has 0 radical (unpaired) electrons. The van der Waals surface area contributed by atoms with Crippen LogP contribution in [0.5, 0.6) is 0 Å². The molecule has 6 heteroatoms. The molecule has 0 spiro atoms. The Kier molecular flexibility index (Phi) is 5.38. The highest BCUT2D eigenvalue weighted by Crippen LogP contribution is 2.17. The van der Waals surface area contributed by atoms with Crippen LogP contribution in [-0.2, 0) is 4.79 Å². The SMILES string of the molecule is CC(NC(=O)CSc1ncccn1)c1ccc(Cl)cc1. The number of aromatic nitrogens is 2. The van der Waals surface area contributed by atoms with Gasteiger partial charge in [0.2, 0.25) is 5.91 Å². The second kappa shape index (κ2) is 7.26. The third kappa shape index (κ3) is 4.51. The topological polar surface area (TPSA) is 54.9 Å². The summed E-state index contributed by atoms with van der Waals surface area (Å²) in [5, 5.41) is 4.21. The van der Waals surface area contributed by atoms with Crippen molar-refractivity contribution >= 4 is 29.3 Å². The van der Waals surface area contributed by atoms with Gasteiger partial charge in [-0.05, 0) is 30.7 Å². The number of nitrogens with zero attached hydrogens (tertiary/aromatic N) is 2. The molecule has 0 bridgehead atoms. The van der Waals surface area contributed by atoms with Gasteiger partial charge in [-0.3, -0.25) is 4.79 Å². The van der Waals surface area contributed by atoms with Gasteiger partial charge in [-0.2, -0.15) is 0 Å². The van der Waals surface area contributed by atoms with Crippen LogP contribution >= 0.6 is 23.4 Å². The van der Waals surface area contributed by atoms with E-state index in [1.807, 2.05) is 31.2 Å². The number of thioether (sulfide) groups is 1. The highest BCUT2D eigenvalue weighted by Gasteiger charge is 2.10. The summed E-state index contributed by atoms with van der Waals surface area (Å²) >= 11 is 7.15. The molecule has 2 aromatic rings. The minimum Gasteiger partial charge on any atom is -0.349 e. The first kappa shape index (κ1) is 14.8. The standard InChI is InChI=1S/C14H14ClN3OS/c1-10(11-3-5-12(15)6-4-11)18-13(19)9-20-14-16-7-2-8-17-14/h2-8,10H,9H2,1H3,(H,18,19). The normalized spacial score (nSPS) is 11.9. The van der Waals surface area contributed by atoms with E-state index in [0.717, 1.165) is 5.56 Å². The van der Waals surface area contributed by atoms with Crippen molar-refractivity contribution in [1.29, 1.82) is 0 Å². The number of nitrogens with one attached hydrogen (secondary N) is 1. The number of hydrogen-bond acceptors (Lipinski definition) is 4. The molecule has 1 aromatic heterocycles. The first-order valence-electron chi connectivity index (χ1n) is 6.10. The highest BCUT2D eigenvalue weighted by molar-refractivity contribution is 7.99. The smallest absolute Gasteiger partial charge is 0.230 e. The number of benzene rings is 1. The number of amides is 1. The summed E-state index contributed by atoms with van der Waals surface area (Å²) in [6.45, 7) is 1.94. The Balaban J connectivity index is 1.83. The highest BCUT2D eigenvalue weighted by atomic mass is 35.5. The van der Waals surface area contributed by atoms with Crippen LogP contribution in [0.25, 0.3) is 0 Å². The maximum absolute atomic E-state index is 11.9. The molecule has 1 N–H and O–H groups in total. The van der Waals surface area contributed by atoms with Crippen molar-refractivity contribution in [2.24, 2.45) is 0 Å². The van der Waals surface area contributed by atoms with Crippen LogP contribution in [0.2, 0.25) is 5.02 Å². The average molecular weight is 308 g/mol. The van der Waals surface area contributed by atoms with Crippen LogP contribution in [0, 0.1) is 0 Å². The first-order chi connectivity index (χ1) is 9.65. The first-order valence-corrected chi connectivity index (χ1v) is 7.46. The summed E-state index contributed by atoms with van der Waals surface area (Å²) in [6.07, 6.45) is 3.31. The molecule has 0 aliphatic heterocycles. The number of rotatable bonds is 5. The Morgan fingerprint density at radius 3 is 2.60 bits per heavy atom. The molecule has 1 aromatic carbocycles. The number of halogens is 1. The second-order valence-electron chi connectivity index (χ2n) is 4.16. The summed E-state index contributed by atoms with van der Waals surface area (Å²) in [7, 11) is 0. The fraction of sp³-hybridized carbons (Fsp3) is 0.214. The van der Waals surface area contributed by atoms with E-state index >= 15 is 0 Å². The maximum atomic E-state index is 11.9. The van der Waals surface area contributed by atoms with Crippen LogP contribution in [0.15, 0.2) is 47.9 Å². The fourth-order valence-electron chi connectivity index (χ4n) is 1.61. The molecule has 1 atom stereocenters. The van der Waals surface area contributed by atoms with E-state index in [9.17, 15) is 4.79 Å². The van der Waals surface area contributed by atoms with Crippen molar-refractivity contribution < 1.29 is 4.79 Å². The van der Waals surface area contributed by atoms with Gasteiger partial charge in [-0.1, -0.05) is 35.5 Å². The predicted octanol–water partition coefficient (Wildman–Crippen LogP) is 3.10. The van der Waals surface area contributed by atoms with Gasteiger partial charge in [0, 0.05) is 17.4 Å². The zero-order valence-corrected chi connectivity index (χ0v) is 12.5. The summed E-state index contributed by atoms with van der Waals surface area (Å²) in [5.41, 5.74) is 1.02. The Hall–Kier alpha value is -1.59. The summed E-state index contributed by atoms with van der Waals surface area (Å²) in [5.74, 6) is 0.243. The zero-order valence-electron chi connectivity index (χ0n) is 10.9. The Morgan fingerprint density at radius 1 is 1.30 bits per heavy atom. The second-order valence-corrected chi connectivity index (χ2v) is 5.54. The molecule has 2 rings (SSSR count). The lowest BCUT2D eigenvalue weighted by molar-refractivity contribution is -0.119. The quantitative estimate of drug-likeness (QED) is 0.681. The Morgan fingerprint density at radius 2 is 1.95 bits per heavy atom. The third-order valence-corrected chi connectivity index (χ3v) is 3.75. The Labute approximate surface area is 127 Å². The zero-order chi connectivity index (χ0) is 14.4. The van der Waals surface area contributed by atoms with E-state index < -0.39 is 0 Å². The molecule has 4 nitrogen and oxygen atoms in total. The number of carbonyl (C=O) groups excluding carboxylic acids is 1. The molecule has 0 fully saturated rings. The van der Waals surface area contributed by atoms with E-state index in [2.05, 4.69) is 15.3 Å². The third-order valence-electron chi connectivity index (χ3n) is 2.62. The van der Waals surface area contributed by atoms with Crippen LogP contribution in [0.4, 0.5) is 0 Å². The van der Waals surface area contributed by atoms with Gasteiger partial charge in [0.05, 0.1) is 11.8 Å². The number of hydrogen-bond donors (Lipinski definition) is 1. The lowest BCUT2D eigenvalue weighted by Crippen LogP contribution is -2.28. The van der Waals surface area contributed by atoms with Gasteiger partial charge in [0.15, 0.2) is 5.16 Å². The minimum absolute atomic E-state index is 0.0510. The molecular formula is C14H14ClN3OS. The summed E-state index contributed by atoms with van der Waals surface area (Å²) < 4.78 is 0. The molecule has 0 aliphatic carbocycles. The van der Waals surface area contributed by atoms with E-state index in [1.165, 1.54) is 11.8 Å². The lowest BCUT2D eigenvalue weighted by Gasteiger charge is -2.14. The molecule has 104 valence electrons. The molecule has 1 amide bonds. The summed E-state index contributed by atoms with van der Waals surface area (Å²) in [4.78, 5) is 20.0. The molecule has 1 unspecified atom stereocenters. The molecular weight excluding hydrogens is 294 g/mol. The van der Waals surface area contributed by atoms with Crippen LogP contribution in [-0.4, -0.2) is 21.6 Å². The van der Waals surface area contributed by atoms with E-state index in [4.69, 9.17) is 11.6 Å². The van der Waals surface area contributed by atoms with Gasteiger partial charge in [0.25, 0.3) is 0 Å². The molecule has 20 heavy (non-hydrogen) atoms. The van der Waals surface area contributed by atoms with E-state index in [-0.39, 0.29) is 11.9 Å². The van der Waals surface area contributed by atoms with Crippen LogP contribution < -0.4 is 5.32 Å². The van der Waals surface area contributed by atoms with Crippen molar-refractivity contribution in [3.05, 3.63) is 53.3 Å².